The molecule has 2 heterocycles. The molecule has 0 spiro atoms. The van der Waals surface area contributed by atoms with Crippen LogP contribution in [0.5, 0.6) is 5.75 Å². The van der Waals surface area contributed by atoms with Crippen LogP contribution in [0, 0.1) is 0 Å². The summed E-state index contributed by atoms with van der Waals surface area (Å²) < 4.78 is 23.5. The third kappa shape index (κ3) is 4.33. The molecule has 0 aliphatic carbocycles. The number of fused-ring (bicyclic) bond motifs is 1. The summed E-state index contributed by atoms with van der Waals surface area (Å²) >= 11 is 0. The fourth-order valence-corrected chi connectivity index (χ4v) is 3.35. The molecule has 6 heteroatoms. The van der Waals surface area contributed by atoms with Gasteiger partial charge in [-0.25, -0.2) is 4.79 Å². The zero-order chi connectivity index (χ0) is 20.1. The highest BCUT2D eigenvalue weighted by Crippen LogP contribution is 2.44. The van der Waals surface area contributed by atoms with Crippen LogP contribution >= 0.6 is 0 Å². The fraction of sp³-hybridized carbons (Fsp3) is 0.500. The first-order valence-electron chi connectivity index (χ1n) is 9.89. The van der Waals surface area contributed by atoms with Gasteiger partial charge in [0.15, 0.2) is 6.10 Å². The van der Waals surface area contributed by atoms with Crippen LogP contribution in [0.1, 0.15) is 62.8 Å². The van der Waals surface area contributed by atoms with E-state index in [1.54, 1.807) is 12.1 Å². The van der Waals surface area contributed by atoms with Crippen molar-refractivity contribution in [1.82, 2.24) is 0 Å². The predicted molar refractivity (Wildman–Crippen MR) is 107 cm³/mol. The molecule has 2 aromatic rings. The second kappa shape index (κ2) is 8.69. The summed E-state index contributed by atoms with van der Waals surface area (Å²) in [4.78, 5) is 12.6. The molecule has 0 bridgehead atoms. The highest BCUT2D eigenvalue weighted by molar-refractivity contribution is 5.86. The van der Waals surface area contributed by atoms with Crippen LogP contribution in [-0.2, 0) is 9.47 Å². The number of ether oxygens (including phenoxy) is 3. The van der Waals surface area contributed by atoms with Crippen molar-refractivity contribution in [2.75, 3.05) is 18.5 Å². The second-order valence-corrected chi connectivity index (χ2v) is 7.44. The number of esters is 1. The molecule has 1 aliphatic heterocycles. The van der Waals surface area contributed by atoms with Crippen LogP contribution in [0.3, 0.4) is 0 Å². The molecule has 0 fully saturated rings. The third-order valence-electron chi connectivity index (χ3n) is 4.78. The zero-order valence-corrected chi connectivity index (χ0v) is 17.0. The van der Waals surface area contributed by atoms with Crippen molar-refractivity contribution in [3.8, 4) is 5.75 Å². The number of hydrogen-bond acceptors (Lipinski definition) is 6. The summed E-state index contributed by atoms with van der Waals surface area (Å²) in [5.74, 6) is 0.385. The Kier molecular flexibility index (Phi) is 6.29. The molecule has 0 amide bonds. The van der Waals surface area contributed by atoms with Crippen molar-refractivity contribution in [2.24, 2.45) is 0 Å². The van der Waals surface area contributed by atoms with Gasteiger partial charge in [0, 0.05) is 24.4 Å². The molecule has 6 nitrogen and oxygen atoms in total. The predicted octanol–water partition coefficient (Wildman–Crippen LogP) is 4.97. The van der Waals surface area contributed by atoms with E-state index in [1.165, 1.54) is 6.26 Å². The first-order valence-corrected chi connectivity index (χ1v) is 9.89. The van der Waals surface area contributed by atoms with Gasteiger partial charge in [0.05, 0.1) is 6.26 Å². The second-order valence-electron chi connectivity index (χ2n) is 7.44. The zero-order valence-electron chi connectivity index (χ0n) is 17.0. The van der Waals surface area contributed by atoms with E-state index in [0.717, 1.165) is 36.4 Å². The van der Waals surface area contributed by atoms with Crippen molar-refractivity contribution in [3.05, 3.63) is 47.9 Å². The number of hydrogen-bond donors (Lipinski definition) is 1. The SMILES string of the molecule is CCCCOC1c2cc(NCC)ccc2OC(C)(C)C1OC(=O)c1ccco1. The molecular formula is C22H29NO5. The van der Waals surface area contributed by atoms with Gasteiger partial charge in [-0.15, -0.1) is 0 Å². The molecule has 1 aliphatic rings. The molecule has 0 radical (unpaired) electrons. The lowest BCUT2D eigenvalue weighted by atomic mass is 9.87. The molecule has 152 valence electrons. The lowest BCUT2D eigenvalue weighted by Crippen LogP contribution is -2.51. The van der Waals surface area contributed by atoms with Crippen LogP contribution in [0.25, 0.3) is 0 Å². The molecule has 28 heavy (non-hydrogen) atoms. The Balaban J connectivity index is 1.94. The third-order valence-corrected chi connectivity index (χ3v) is 4.78. The van der Waals surface area contributed by atoms with Crippen LogP contribution < -0.4 is 10.1 Å². The number of benzene rings is 1. The lowest BCUT2D eigenvalue weighted by molar-refractivity contribution is -0.140. The summed E-state index contributed by atoms with van der Waals surface area (Å²) in [6.45, 7) is 9.36. The number of anilines is 1. The minimum atomic E-state index is -0.758. The van der Waals surface area contributed by atoms with Gasteiger partial charge in [-0.05, 0) is 57.5 Å². The summed E-state index contributed by atoms with van der Waals surface area (Å²) in [7, 11) is 0. The molecular weight excluding hydrogens is 358 g/mol. The Morgan fingerprint density at radius 3 is 2.75 bits per heavy atom. The van der Waals surface area contributed by atoms with Gasteiger partial charge in [0.2, 0.25) is 5.76 Å². The van der Waals surface area contributed by atoms with E-state index in [0.29, 0.717) is 6.61 Å². The maximum Gasteiger partial charge on any atom is 0.374 e. The van der Waals surface area contributed by atoms with Crippen molar-refractivity contribution in [3.63, 3.8) is 0 Å². The van der Waals surface area contributed by atoms with E-state index in [4.69, 9.17) is 18.6 Å². The van der Waals surface area contributed by atoms with Crippen molar-refractivity contribution < 1.29 is 23.4 Å². The number of furan rings is 1. The Morgan fingerprint density at radius 2 is 2.07 bits per heavy atom. The van der Waals surface area contributed by atoms with Gasteiger partial charge in [-0.1, -0.05) is 13.3 Å². The number of rotatable bonds is 8. The average Bonchev–Trinajstić information content (AvgIpc) is 3.19. The topological polar surface area (TPSA) is 69.9 Å². The van der Waals surface area contributed by atoms with E-state index < -0.39 is 23.8 Å². The van der Waals surface area contributed by atoms with Crippen LogP contribution in [-0.4, -0.2) is 30.8 Å². The largest absolute Gasteiger partial charge is 0.483 e. The van der Waals surface area contributed by atoms with Gasteiger partial charge in [0.25, 0.3) is 0 Å². The normalized spacial score (nSPS) is 20.1. The Bertz CT molecular complexity index is 784. The number of carbonyl (C=O) groups is 1. The van der Waals surface area contributed by atoms with Gasteiger partial charge in [0.1, 0.15) is 17.5 Å². The van der Waals surface area contributed by atoms with Gasteiger partial charge < -0.3 is 23.9 Å². The first kappa shape index (κ1) is 20.3. The molecule has 1 aromatic heterocycles. The Hall–Kier alpha value is -2.47. The minimum absolute atomic E-state index is 0.162. The summed E-state index contributed by atoms with van der Waals surface area (Å²) in [6.07, 6.45) is 2.35. The van der Waals surface area contributed by atoms with Crippen molar-refractivity contribution >= 4 is 11.7 Å². The maximum absolute atomic E-state index is 12.6. The first-order chi connectivity index (χ1) is 13.5. The molecule has 0 saturated carbocycles. The molecule has 3 rings (SSSR count). The van der Waals surface area contributed by atoms with E-state index in [1.807, 2.05) is 39.0 Å². The number of nitrogens with one attached hydrogen (secondary N) is 1. The highest BCUT2D eigenvalue weighted by Gasteiger charge is 2.47. The Labute approximate surface area is 166 Å². The number of carbonyl (C=O) groups excluding carboxylic acids is 1. The van der Waals surface area contributed by atoms with Crippen LogP contribution in [0.4, 0.5) is 5.69 Å². The summed E-state index contributed by atoms with van der Waals surface area (Å²) in [6, 6.07) is 9.18. The maximum atomic E-state index is 12.6. The van der Waals surface area contributed by atoms with E-state index in [-0.39, 0.29) is 5.76 Å². The summed E-state index contributed by atoms with van der Waals surface area (Å²) in [5.41, 5.74) is 1.10. The quantitative estimate of drug-likeness (QED) is 0.510. The monoisotopic (exact) mass is 387 g/mol. The Morgan fingerprint density at radius 1 is 1.25 bits per heavy atom. The molecule has 2 unspecified atom stereocenters. The van der Waals surface area contributed by atoms with Gasteiger partial charge in [-0.3, -0.25) is 0 Å². The smallest absolute Gasteiger partial charge is 0.374 e. The average molecular weight is 387 g/mol. The minimum Gasteiger partial charge on any atom is -0.483 e. The molecule has 0 saturated heterocycles. The highest BCUT2D eigenvalue weighted by atomic mass is 16.6. The van der Waals surface area contributed by atoms with Crippen LogP contribution in [0.2, 0.25) is 0 Å². The van der Waals surface area contributed by atoms with Crippen LogP contribution in [0.15, 0.2) is 41.0 Å². The standard InChI is InChI=1S/C22H29NO5/c1-5-7-12-26-19-16-14-15(23-6-2)10-11-17(16)28-22(3,4)20(19)27-21(24)18-9-8-13-25-18/h8-11,13-14,19-20,23H,5-7,12H2,1-4H3. The molecule has 1 aromatic carbocycles. The lowest BCUT2D eigenvalue weighted by Gasteiger charge is -2.43. The van der Waals surface area contributed by atoms with E-state index in [9.17, 15) is 4.79 Å². The van der Waals surface area contributed by atoms with E-state index in [2.05, 4.69) is 12.2 Å². The van der Waals surface area contributed by atoms with Gasteiger partial charge >= 0.3 is 5.97 Å². The molecule has 1 N–H and O–H groups in total. The van der Waals surface area contributed by atoms with E-state index >= 15 is 0 Å². The summed E-state index contributed by atoms with van der Waals surface area (Å²) in [5, 5.41) is 3.31. The van der Waals surface area contributed by atoms with Crippen molar-refractivity contribution in [2.45, 2.75) is 58.3 Å². The van der Waals surface area contributed by atoms with Crippen molar-refractivity contribution in [1.29, 1.82) is 0 Å². The fourth-order valence-electron chi connectivity index (χ4n) is 3.35. The molecule has 2 atom stereocenters. The van der Waals surface area contributed by atoms with Gasteiger partial charge in [-0.2, -0.15) is 0 Å². The number of unbranched alkanes of at least 4 members (excludes halogenated alkanes) is 1.